The second-order valence-electron chi connectivity index (χ2n) is 5.14. The molecule has 0 aliphatic carbocycles. The SMILES string of the molecule is CCC(Oc1ccc(Cl)cc1)C(=O)NCCc1ccc(Cl)cc1. The van der Waals surface area contributed by atoms with E-state index in [2.05, 4.69) is 5.32 Å². The van der Waals surface area contributed by atoms with Crippen LogP contribution in [0.15, 0.2) is 48.5 Å². The summed E-state index contributed by atoms with van der Waals surface area (Å²) in [6.07, 6.45) is 0.830. The molecule has 1 atom stereocenters. The lowest BCUT2D eigenvalue weighted by molar-refractivity contribution is -0.128. The summed E-state index contributed by atoms with van der Waals surface area (Å²) in [6, 6.07) is 14.6. The van der Waals surface area contributed by atoms with Gasteiger partial charge in [0.2, 0.25) is 0 Å². The molecule has 2 aromatic rings. The highest BCUT2D eigenvalue weighted by atomic mass is 35.5. The van der Waals surface area contributed by atoms with Crippen LogP contribution in [0.5, 0.6) is 5.75 Å². The number of benzene rings is 2. The normalized spacial score (nSPS) is 11.8. The highest BCUT2D eigenvalue weighted by Crippen LogP contribution is 2.17. The van der Waals surface area contributed by atoms with E-state index in [1.165, 1.54) is 0 Å². The Bertz CT molecular complexity index is 626. The molecular formula is C18H19Cl2NO2. The maximum Gasteiger partial charge on any atom is 0.261 e. The summed E-state index contributed by atoms with van der Waals surface area (Å²) in [4.78, 5) is 12.2. The van der Waals surface area contributed by atoms with Gasteiger partial charge in [0.1, 0.15) is 5.75 Å². The number of hydrogen-bond donors (Lipinski definition) is 1. The molecule has 0 radical (unpaired) electrons. The first-order valence-electron chi connectivity index (χ1n) is 7.53. The highest BCUT2D eigenvalue weighted by Gasteiger charge is 2.17. The molecule has 0 fully saturated rings. The van der Waals surface area contributed by atoms with Crippen LogP contribution in [0.3, 0.4) is 0 Å². The fraction of sp³-hybridized carbons (Fsp3) is 0.278. The first-order valence-corrected chi connectivity index (χ1v) is 8.28. The van der Waals surface area contributed by atoms with E-state index in [0.717, 1.165) is 12.0 Å². The summed E-state index contributed by atoms with van der Waals surface area (Å²) < 4.78 is 5.71. The van der Waals surface area contributed by atoms with Gasteiger partial charge in [-0.1, -0.05) is 42.3 Å². The van der Waals surface area contributed by atoms with Crippen LogP contribution in [0.25, 0.3) is 0 Å². The molecule has 0 aromatic heterocycles. The molecule has 122 valence electrons. The van der Waals surface area contributed by atoms with Gasteiger partial charge in [0, 0.05) is 16.6 Å². The van der Waals surface area contributed by atoms with Gasteiger partial charge in [-0.2, -0.15) is 0 Å². The van der Waals surface area contributed by atoms with Crippen LogP contribution >= 0.6 is 23.2 Å². The summed E-state index contributed by atoms with van der Waals surface area (Å²) in [5.41, 5.74) is 1.13. The Morgan fingerprint density at radius 3 is 2.17 bits per heavy atom. The summed E-state index contributed by atoms with van der Waals surface area (Å²) in [6.45, 7) is 2.47. The molecule has 23 heavy (non-hydrogen) atoms. The summed E-state index contributed by atoms with van der Waals surface area (Å²) >= 11 is 11.7. The van der Waals surface area contributed by atoms with Crippen LogP contribution < -0.4 is 10.1 Å². The second kappa shape index (κ2) is 8.80. The topological polar surface area (TPSA) is 38.3 Å². The lowest BCUT2D eigenvalue weighted by Crippen LogP contribution is -2.38. The van der Waals surface area contributed by atoms with Crippen molar-refractivity contribution in [2.45, 2.75) is 25.9 Å². The number of carbonyl (C=O) groups excluding carboxylic acids is 1. The van der Waals surface area contributed by atoms with Crippen LogP contribution in [-0.2, 0) is 11.2 Å². The molecule has 1 amide bonds. The molecule has 0 heterocycles. The van der Waals surface area contributed by atoms with Crippen LogP contribution in [0.2, 0.25) is 10.0 Å². The van der Waals surface area contributed by atoms with Crippen molar-refractivity contribution in [3.8, 4) is 5.75 Å². The van der Waals surface area contributed by atoms with Crippen molar-refractivity contribution in [3.63, 3.8) is 0 Å². The maximum absolute atomic E-state index is 12.2. The summed E-state index contributed by atoms with van der Waals surface area (Å²) in [7, 11) is 0. The average molecular weight is 352 g/mol. The lowest BCUT2D eigenvalue weighted by Gasteiger charge is -2.17. The smallest absolute Gasteiger partial charge is 0.261 e. The monoisotopic (exact) mass is 351 g/mol. The summed E-state index contributed by atoms with van der Waals surface area (Å²) in [5, 5.41) is 4.25. The van der Waals surface area contributed by atoms with E-state index < -0.39 is 6.10 Å². The Labute approximate surface area is 146 Å². The van der Waals surface area contributed by atoms with E-state index in [4.69, 9.17) is 27.9 Å². The molecule has 0 spiro atoms. The first-order chi connectivity index (χ1) is 11.1. The third-order valence-electron chi connectivity index (χ3n) is 3.38. The van der Waals surface area contributed by atoms with Crippen molar-refractivity contribution in [1.29, 1.82) is 0 Å². The van der Waals surface area contributed by atoms with Gasteiger partial charge in [0.15, 0.2) is 6.10 Å². The Hall–Kier alpha value is -1.71. The van der Waals surface area contributed by atoms with Gasteiger partial charge in [-0.05, 0) is 54.8 Å². The number of ether oxygens (including phenoxy) is 1. The zero-order chi connectivity index (χ0) is 16.7. The third kappa shape index (κ3) is 5.77. The number of rotatable bonds is 7. The van der Waals surface area contributed by atoms with Crippen molar-refractivity contribution in [2.75, 3.05) is 6.54 Å². The molecule has 5 heteroatoms. The molecule has 0 saturated carbocycles. The van der Waals surface area contributed by atoms with E-state index in [1.54, 1.807) is 24.3 Å². The standard InChI is InChI=1S/C18H19Cl2NO2/c1-2-17(23-16-9-7-15(20)8-10-16)18(22)21-12-11-13-3-5-14(19)6-4-13/h3-10,17H,2,11-12H2,1H3,(H,21,22). The Morgan fingerprint density at radius 1 is 1.04 bits per heavy atom. The lowest BCUT2D eigenvalue weighted by atomic mass is 10.1. The molecule has 0 saturated heterocycles. The minimum atomic E-state index is -0.513. The van der Waals surface area contributed by atoms with Gasteiger partial charge in [-0.3, -0.25) is 4.79 Å². The number of halogens is 2. The van der Waals surface area contributed by atoms with Crippen LogP contribution in [-0.4, -0.2) is 18.6 Å². The van der Waals surface area contributed by atoms with E-state index in [0.29, 0.717) is 28.8 Å². The van der Waals surface area contributed by atoms with Crippen molar-refractivity contribution in [2.24, 2.45) is 0 Å². The molecule has 0 aliphatic rings. The van der Waals surface area contributed by atoms with Crippen molar-refractivity contribution < 1.29 is 9.53 Å². The predicted molar refractivity (Wildman–Crippen MR) is 94.3 cm³/mol. The predicted octanol–water partition coefficient (Wildman–Crippen LogP) is 4.51. The molecule has 1 unspecified atom stereocenters. The van der Waals surface area contributed by atoms with Gasteiger partial charge in [0.05, 0.1) is 0 Å². The fourth-order valence-electron chi connectivity index (χ4n) is 2.09. The quantitative estimate of drug-likeness (QED) is 0.796. The Kier molecular flexibility index (Phi) is 6.75. The van der Waals surface area contributed by atoms with E-state index in [-0.39, 0.29) is 5.91 Å². The molecule has 2 aromatic carbocycles. The average Bonchev–Trinajstić information content (AvgIpc) is 2.56. The van der Waals surface area contributed by atoms with Gasteiger partial charge >= 0.3 is 0 Å². The number of hydrogen-bond acceptors (Lipinski definition) is 2. The molecule has 3 nitrogen and oxygen atoms in total. The fourth-order valence-corrected chi connectivity index (χ4v) is 2.35. The van der Waals surface area contributed by atoms with Crippen molar-refractivity contribution >= 4 is 29.1 Å². The molecule has 0 bridgehead atoms. The molecule has 1 N–H and O–H groups in total. The van der Waals surface area contributed by atoms with Crippen LogP contribution in [0.1, 0.15) is 18.9 Å². The van der Waals surface area contributed by atoms with Gasteiger partial charge in [-0.15, -0.1) is 0 Å². The minimum Gasteiger partial charge on any atom is -0.481 e. The number of carbonyl (C=O) groups is 1. The van der Waals surface area contributed by atoms with E-state index in [9.17, 15) is 4.79 Å². The molecular weight excluding hydrogens is 333 g/mol. The molecule has 0 aliphatic heterocycles. The largest absolute Gasteiger partial charge is 0.481 e. The molecule has 2 rings (SSSR count). The van der Waals surface area contributed by atoms with Gasteiger partial charge in [-0.25, -0.2) is 0 Å². The second-order valence-corrected chi connectivity index (χ2v) is 6.01. The van der Waals surface area contributed by atoms with Crippen LogP contribution in [0, 0.1) is 0 Å². The Balaban J connectivity index is 1.82. The van der Waals surface area contributed by atoms with E-state index in [1.807, 2.05) is 31.2 Å². The van der Waals surface area contributed by atoms with Gasteiger partial charge < -0.3 is 10.1 Å². The zero-order valence-electron chi connectivity index (χ0n) is 12.9. The third-order valence-corrected chi connectivity index (χ3v) is 3.89. The zero-order valence-corrected chi connectivity index (χ0v) is 14.4. The van der Waals surface area contributed by atoms with E-state index >= 15 is 0 Å². The minimum absolute atomic E-state index is 0.114. The van der Waals surface area contributed by atoms with Crippen LogP contribution in [0.4, 0.5) is 0 Å². The first kappa shape index (κ1) is 17.6. The Morgan fingerprint density at radius 2 is 1.61 bits per heavy atom. The number of amides is 1. The van der Waals surface area contributed by atoms with Crippen molar-refractivity contribution in [3.05, 3.63) is 64.1 Å². The maximum atomic E-state index is 12.2. The summed E-state index contributed by atoms with van der Waals surface area (Å²) in [5.74, 6) is 0.519. The number of nitrogens with one attached hydrogen (secondary N) is 1. The van der Waals surface area contributed by atoms with Gasteiger partial charge in [0.25, 0.3) is 5.91 Å². The van der Waals surface area contributed by atoms with Crippen molar-refractivity contribution in [1.82, 2.24) is 5.32 Å². The highest BCUT2D eigenvalue weighted by molar-refractivity contribution is 6.30.